The van der Waals surface area contributed by atoms with E-state index in [2.05, 4.69) is 52.5 Å². The van der Waals surface area contributed by atoms with E-state index < -0.39 is 0 Å². The second-order valence-corrected chi connectivity index (χ2v) is 4.85. The van der Waals surface area contributed by atoms with Gasteiger partial charge in [0.25, 0.3) is 5.91 Å². The van der Waals surface area contributed by atoms with Crippen LogP contribution >= 0.6 is 0 Å². The van der Waals surface area contributed by atoms with Crippen molar-refractivity contribution in [3.63, 3.8) is 0 Å². The minimum atomic E-state index is -0.226. The average Bonchev–Trinajstić information content (AvgIpc) is 2.88. The van der Waals surface area contributed by atoms with E-state index in [-0.39, 0.29) is 11.7 Å². The SMILES string of the molecule is CCCc1nc(C(=O)NCCc2cccc(C)c2)n[nH]1. The number of aromatic nitrogens is 3. The first-order valence-corrected chi connectivity index (χ1v) is 6.94. The van der Waals surface area contributed by atoms with Crippen molar-refractivity contribution in [2.24, 2.45) is 0 Å². The van der Waals surface area contributed by atoms with Crippen LogP contribution in [0.5, 0.6) is 0 Å². The van der Waals surface area contributed by atoms with Crippen molar-refractivity contribution in [1.82, 2.24) is 20.5 Å². The molecule has 0 aliphatic carbocycles. The quantitative estimate of drug-likeness (QED) is 0.845. The van der Waals surface area contributed by atoms with Gasteiger partial charge in [-0.2, -0.15) is 0 Å². The van der Waals surface area contributed by atoms with E-state index in [0.717, 1.165) is 25.1 Å². The number of nitrogens with one attached hydrogen (secondary N) is 2. The van der Waals surface area contributed by atoms with Crippen LogP contribution in [0.25, 0.3) is 0 Å². The van der Waals surface area contributed by atoms with E-state index in [4.69, 9.17) is 0 Å². The average molecular weight is 272 g/mol. The molecule has 2 rings (SSSR count). The van der Waals surface area contributed by atoms with Gasteiger partial charge in [-0.3, -0.25) is 9.89 Å². The summed E-state index contributed by atoms with van der Waals surface area (Å²) in [4.78, 5) is 16.0. The zero-order valence-corrected chi connectivity index (χ0v) is 11.9. The maximum Gasteiger partial charge on any atom is 0.290 e. The number of benzene rings is 1. The highest BCUT2D eigenvalue weighted by Gasteiger charge is 2.11. The Morgan fingerprint density at radius 1 is 1.35 bits per heavy atom. The Morgan fingerprint density at radius 3 is 2.95 bits per heavy atom. The van der Waals surface area contributed by atoms with Gasteiger partial charge in [0.1, 0.15) is 5.82 Å². The van der Waals surface area contributed by atoms with Gasteiger partial charge in [-0.05, 0) is 25.3 Å². The third-order valence-corrected chi connectivity index (χ3v) is 3.00. The normalized spacial score (nSPS) is 10.5. The van der Waals surface area contributed by atoms with E-state index in [0.29, 0.717) is 6.54 Å². The summed E-state index contributed by atoms with van der Waals surface area (Å²) in [5.74, 6) is 0.755. The molecule has 5 nitrogen and oxygen atoms in total. The summed E-state index contributed by atoms with van der Waals surface area (Å²) < 4.78 is 0. The number of nitrogens with zero attached hydrogens (tertiary/aromatic N) is 2. The third kappa shape index (κ3) is 3.91. The van der Waals surface area contributed by atoms with Gasteiger partial charge in [-0.25, -0.2) is 4.98 Å². The first-order valence-electron chi connectivity index (χ1n) is 6.94. The van der Waals surface area contributed by atoms with Crippen molar-refractivity contribution in [2.45, 2.75) is 33.1 Å². The van der Waals surface area contributed by atoms with Crippen molar-refractivity contribution in [3.05, 3.63) is 47.0 Å². The molecule has 2 N–H and O–H groups in total. The van der Waals surface area contributed by atoms with Crippen LogP contribution in [-0.2, 0) is 12.8 Å². The number of hydrogen-bond acceptors (Lipinski definition) is 3. The molecule has 0 fully saturated rings. The minimum absolute atomic E-state index is 0.220. The molecule has 1 aromatic carbocycles. The number of carbonyl (C=O) groups is 1. The molecular formula is C15H20N4O. The summed E-state index contributed by atoms with van der Waals surface area (Å²) in [5, 5.41) is 9.55. The molecule has 0 radical (unpaired) electrons. The smallest absolute Gasteiger partial charge is 0.290 e. The number of hydrogen-bond donors (Lipinski definition) is 2. The van der Waals surface area contributed by atoms with Crippen molar-refractivity contribution in [2.75, 3.05) is 6.54 Å². The highest BCUT2D eigenvalue weighted by molar-refractivity contribution is 5.90. The van der Waals surface area contributed by atoms with E-state index in [1.54, 1.807) is 0 Å². The zero-order chi connectivity index (χ0) is 14.4. The number of rotatable bonds is 6. The molecule has 0 unspecified atom stereocenters. The van der Waals surface area contributed by atoms with Crippen LogP contribution in [0.1, 0.15) is 40.9 Å². The maximum atomic E-state index is 11.9. The molecule has 1 heterocycles. The van der Waals surface area contributed by atoms with Crippen molar-refractivity contribution in [1.29, 1.82) is 0 Å². The fourth-order valence-corrected chi connectivity index (χ4v) is 2.01. The Morgan fingerprint density at radius 2 is 2.20 bits per heavy atom. The maximum absolute atomic E-state index is 11.9. The minimum Gasteiger partial charge on any atom is -0.349 e. The van der Waals surface area contributed by atoms with Gasteiger partial charge in [-0.15, -0.1) is 5.10 Å². The summed E-state index contributed by atoms with van der Waals surface area (Å²) in [7, 11) is 0. The molecular weight excluding hydrogens is 252 g/mol. The lowest BCUT2D eigenvalue weighted by Crippen LogP contribution is -2.26. The summed E-state index contributed by atoms with van der Waals surface area (Å²) in [6.45, 7) is 4.70. The van der Waals surface area contributed by atoms with Crippen LogP contribution in [0, 0.1) is 6.92 Å². The zero-order valence-electron chi connectivity index (χ0n) is 11.9. The summed E-state index contributed by atoms with van der Waals surface area (Å²) in [5.41, 5.74) is 2.44. The number of aryl methyl sites for hydroxylation is 2. The van der Waals surface area contributed by atoms with Crippen molar-refractivity contribution >= 4 is 5.91 Å². The fraction of sp³-hybridized carbons (Fsp3) is 0.400. The molecule has 1 amide bonds. The number of aromatic amines is 1. The van der Waals surface area contributed by atoms with Gasteiger partial charge in [0, 0.05) is 13.0 Å². The predicted molar refractivity (Wildman–Crippen MR) is 77.6 cm³/mol. The van der Waals surface area contributed by atoms with E-state index in [1.165, 1.54) is 11.1 Å². The monoisotopic (exact) mass is 272 g/mol. The van der Waals surface area contributed by atoms with E-state index >= 15 is 0 Å². The van der Waals surface area contributed by atoms with Gasteiger partial charge in [0.15, 0.2) is 0 Å². The number of carbonyl (C=O) groups excluding carboxylic acids is 1. The molecule has 5 heteroatoms. The molecule has 106 valence electrons. The Hall–Kier alpha value is -2.17. The van der Waals surface area contributed by atoms with Crippen LogP contribution in [0.2, 0.25) is 0 Å². The van der Waals surface area contributed by atoms with E-state index in [1.807, 2.05) is 6.07 Å². The largest absolute Gasteiger partial charge is 0.349 e. The second-order valence-electron chi connectivity index (χ2n) is 4.85. The van der Waals surface area contributed by atoms with Gasteiger partial charge < -0.3 is 5.32 Å². The lowest BCUT2D eigenvalue weighted by atomic mass is 10.1. The van der Waals surface area contributed by atoms with Crippen molar-refractivity contribution < 1.29 is 4.79 Å². The first kappa shape index (κ1) is 14.2. The Kier molecular flexibility index (Phi) is 4.87. The van der Waals surface area contributed by atoms with Crippen LogP contribution in [-0.4, -0.2) is 27.6 Å². The third-order valence-electron chi connectivity index (χ3n) is 3.00. The molecule has 0 saturated carbocycles. The van der Waals surface area contributed by atoms with Crippen LogP contribution in [0.15, 0.2) is 24.3 Å². The summed E-state index contributed by atoms with van der Waals surface area (Å²) in [6.07, 6.45) is 2.59. The fourth-order valence-electron chi connectivity index (χ4n) is 2.01. The number of H-pyrrole nitrogens is 1. The Bertz CT molecular complexity index is 577. The van der Waals surface area contributed by atoms with Gasteiger partial charge in [0.2, 0.25) is 5.82 Å². The molecule has 0 atom stereocenters. The topological polar surface area (TPSA) is 70.7 Å². The van der Waals surface area contributed by atoms with Crippen LogP contribution < -0.4 is 5.32 Å². The molecule has 0 aliphatic rings. The number of amides is 1. The Balaban J connectivity index is 1.82. The molecule has 2 aromatic rings. The van der Waals surface area contributed by atoms with E-state index in [9.17, 15) is 4.79 Å². The lowest BCUT2D eigenvalue weighted by molar-refractivity contribution is 0.0944. The van der Waals surface area contributed by atoms with Crippen molar-refractivity contribution in [3.8, 4) is 0 Å². The van der Waals surface area contributed by atoms with Gasteiger partial charge in [0.05, 0.1) is 0 Å². The molecule has 20 heavy (non-hydrogen) atoms. The second kappa shape index (κ2) is 6.84. The predicted octanol–water partition coefficient (Wildman–Crippen LogP) is 2.04. The standard InChI is InChI=1S/C15H20N4O/c1-3-5-13-17-14(19-18-13)15(20)16-9-8-12-7-4-6-11(2)10-12/h4,6-7,10H,3,5,8-9H2,1-2H3,(H,16,20)(H,17,18,19). The molecule has 0 saturated heterocycles. The lowest BCUT2D eigenvalue weighted by Gasteiger charge is -2.03. The van der Waals surface area contributed by atoms with Crippen LogP contribution in [0.4, 0.5) is 0 Å². The first-order chi connectivity index (χ1) is 9.69. The van der Waals surface area contributed by atoms with Gasteiger partial charge in [-0.1, -0.05) is 36.8 Å². The molecule has 1 aromatic heterocycles. The van der Waals surface area contributed by atoms with Gasteiger partial charge >= 0.3 is 0 Å². The highest BCUT2D eigenvalue weighted by atomic mass is 16.2. The highest BCUT2D eigenvalue weighted by Crippen LogP contribution is 2.04. The summed E-state index contributed by atoms with van der Waals surface area (Å²) >= 11 is 0. The molecule has 0 aliphatic heterocycles. The Labute approximate surface area is 118 Å². The summed E-state index contributed by atoms with van der Waals surface area (Å²) in [6, 6.07) is 8.27. The molecule has 0 spiro atoms. The van der Waals surface area contributed by atoms with Crippen LogP contribution in [0.3, 0.4) is 0 Å². The molecule has 0 bridgehead atoms.